The normalized spacial score (nSPS) is 15.3. The Bertz CT molecular complexity index is 995. The number of aliphatic imine (C=N–C) groups is 1. The van der Waals surface area contributed by atoms with Crippen LogP contribution in [0.1, 0.15) is 11.1 Å². The highest BCUT2D eigenvalue weighted by Gasteiger charge is 2.19. The Morgan fingerprint density at radius 2 is 1.80 bits per heavy atom. The molecular formula is C19H15N5O. The van der Waals surface area contributed by atoms with Crippen LogP contribution in [-0.2, 0) is 11.3 Å². The molecule has 6 heteroatoms. The number of hydrogen-bond acceptors (Lipinski definition) is 5. The van der Waals surface area contributed by atoms with Gasteiger partial charge in [-0.15, -0.1) is 0 Å². The van der Waals surface area contributed by atoms with Gasteiger partial charge in [0.1, 0.15) is 5.70 Å². The molecule has 122 valence electrons. The lowest BCUT2D eigenvalue weighted by molar-refractivity contribution is -0.115. The van der Waals surface area contributed by atoms with Crippen LogP contribution in [0.2, 0.25) is 0 Å². The van der Waals surface area contributed by atoms with E-state index in [2.05, 4.69) is 25.6 Å². The van der Waals surface area contributed by atoms with Gasteiger partial charge in [-0.25, -0.2) is 4.99 Å². The van der Waals surface area contributed by atoms with Gasteiger partial charge in [0, 0.05) is 18.9 Å². The van der Waals surface area contributed by atoms with E-state index in [4.69, 9.17) is 0 Å². The molecule has 0 spiro atoms. The van der Waals surface area contributed by atoms with Crippen LogP contribution in [0.25, 0.3) is 17.1 Å². The number of carbonyl (C=O) groups excluding carboxylic acids is 1. The van der Waals surface area contributed by atoms with Gasteiger partial charge < -0.3 is 5.32 Å². The summed E-state index contributed by atoms with van der Waals surface area (Å²) < 4.78 is 0. The molecule has 1 aromatic heterocycles. The molecule has 2 aromatic carbocycles. The minimum Gasteiger partial charge on any atom is -0.352 e. The third-order valence-corrected chi connectivity index (χ3v) is 3.80. The summed E-state index contributed by atoms with van der Waals surface area (Å²) in [7, 11) is 0. The number of hydrogen-bond donors (Lipinski definition) is 2. The highest BCUT2D eigenvalue weighted by Crippen LogP contribution is 2.16. The molecule has 4 rings (SSSR count). The second-order valence-corrected chi connectivity index (χ2v) is 5.59. The minimum absolute atomic E-state index is 0.227. The lowest BCUT2D eigenvalue weighted by Gasteiger charge is -2.04. The van der Waals surface area contributed by atoms with Gasteiger partial charge in [0.2, 0.25) is 5.96 Å². The Morgan fingerprint density at radius 3 is 2.64 bits per heavy atom. The number of carbonyl (C=O) groups is 1. The molecule has 0 saturated heterocycles. The van der Waals surface area contributed by atoms with Crippen molar-refractivity contribution in [3.8, 4) is 0 Å². The van der Waals surface area contributed by atoms with Crippen LogP contribution in [-0.4, -0.2) is 21.8 Å². The molecule has 2 heterocycles. The van der Waals surface area contributed by atoms with Crippen molar-refractivity contribution in [1.29, 1.82) is 0 Å². The number of guanidine groups is 1. The van der Waals surface area contributed by atoms with E-state index in [0.717, 1.165) is 22.2 Å². The standard InChI is InChI=1S/C19H15N5O/c25-18-17(11-14-6-7-15-16(10-14)21-9-8-20-15)23-19(24-18)22-12-13-4-2-1-3-5-13/h1-11H,12H2,(H2,22,23,24,25)/b17-11-. The van der Waals surface area contributed by atoms with Gasteiger partial charge in [-0.05, 0) is 29.3 Å². The first kappa shape index (κ1) is 15.0. The predicted molar refractivity (Wildman–Crippen MR) is 96.4 cm³/mol. The summed E-state index contributed by atoms with van der Waals surface area (Å²) in [5.74, 6) is 0.232. The Balaban J connectivity index is 1.53. The van der Waals surface area contributed by atoms with E-state index in [1.54, 1.807) is 18.5 Å². The molecule has 0 bridgehead atoms. The number of fused-ring (bicyclic) bond motifs is 1. The fourth-order valence-corrected chi connectivity index (χ4v) is 2.56. The zero-order chi connectivity index (χ0) is 17.1. The first-order valence-corrected chi connectivity index (χ1v) is 7.88. The van der Waals surface area contributed by atoms with Crippen molar-refractivity contribution in [2.24, 2.45) is 4.99 Å². The number of rotatable bonds is 3. The number of nitrogens with zero attached hydrogens (tertiary/aromatic N) is 3. The van der Waals surface area contributed by atoms with E-state index < -0.39 is 0 Å². The second-order valence-electron chi connectivity index (χ2n) is 5.59. The van der Waals surface area contributed by atoms with Crippen LogP contribution in [0.15, 0.2) is 71.6 Å². The number of benzene rings is 2. The average Bonchev–Trinajstić information content (AvgIpc) is 3.00. The fourth-order valence-electron chi connectivity index (χ4n) is 2.56. The fraction of sp³-hybridized carbons (Fsp3) is 0.0526. The maximum atomic E-state index is 12.1. The zero-order valence-corrected chi connectivity index (χ0v) is 13.3. The third kappa shape index (κ3) is 3.37. The van der Waals surface area contributed by atoms with Gasteiger partial charge in [-0.3, -0.25) is 20.1 Å². The molecule has 1 aliphatic rings. The van der Waals surface area contributed by atoms with Gasteiger partial charge in [-0.1, -0.05) is 36.4 Å². The molecule has 0 unspecified atom stereocenters. The van der Waals surface area contributed by atoms with E-state index >= 15 is 0 Å². The monoisotopic (exact) mass is 329 g/mol. The SMILES string of the molecule is O=C1NC(NCc2ccccc2)=N/C1=C\c1ccc2nccnc2c1. The summed E-state index contributed by atoms with van der Waals surface area (Å²) in [4.78, 5) is 24.9. The van der Waals surface area contributed by atoms with E-state index in [1.165, 1.54) is 0 Å². The van der Waals surface area contributed by atoms with E-state index in [-0.39, 0.29) is 5.91 Å². The summed E-state index contributed by atoms with van der Waals surface area (Å²) in [5.41, 5.74) is 3.92. The molecular weight excluding hydrogens is 314 g/mol. The highest BCUT2D eigenvalue weighted by atomic mass is 16.2. The average molecular weight is 329 g/mol. The maximum Gasteiger partial charge on any atom is 0.276 e. The molecule has 0 fully saturated rings. The number of aromatic nitrogens is 2. The molecule has 0 aliphatic carbocycles. The van der Waals surface area contributed by atoms with Crippen LogP contribution in [0.3, 0.4) is 0 Å². The van der Waals surface area contributed by atoms with Crippen LogP contribution < -0.4 is 10.6 Å². The van der Waals surface area contributed by atoms with Crippen molar-refractivity contribution in [3.05, 3.63) is 77.7 Å². The molecule has 1 aliphatic heterocycles. The summed E-state index contributed by atoms with van der Waals surface area (Å²) in [6.45, 7) is 0.596. The van der Waals surface area contributed by atoms with Gasteiger partial charge in [-0.2, -0.15) is 0 Å². The molecule has 0 atom stereocenters. The summed E-state index contributed by atoms with van der Waals surface area (Å²) in [6, 6.07) is 15.6. The molecule has 0 radical (unpaired) electrons. The van der Waals surface area contributed by atoms with Gasteiger partial charge >= 0.3 is 0 Å². The van der Waals surface area contributed by atoms with Crippen molar-refractivity contribution in [1.82, 2.24) is 20.6 Å². The van der Waals surface area contributed by atoms with Gasteiger partial charge in [0.05, 0.1) is 11.0 Å². The summed E-state index contributed by atoms with van der Waals surface area (Å²) >= 11 is 0. The topological polar surface area (TPSA) is 79.3 Å². The molecule has 25 heavy (non-hydrogen) atoms. The lowest BCUT2D eigenvalue weighted by Crippen LogP contribution is -2.35. The summed E-state index contributed by atoms with van der Waals surface area (Å²) in [6.07, 6.45) is 5.03. The van der Waals surface area contributed by atoms with Crippen molar-refractivity contribution in [2.45, 2.75) is 6.54 Å². The third-order valence-electron chi connectivity index (χ3n) is 3.80. The van der Waals surface area contributed by atoms with Crippen LogP contribution in [0, 0.1) is 0 Å². The van der Waals surface area contributed by atoms with Crippen molar-refractivity contribution in [3.63, 3.8) is 0 Å². The van der Waals surface area contributed by atoms with E-state index in [0.29, 0.717) is 18.2 Å². The van der Waals surface area contributed by atoms with Crippen LogP contribution in [0.4, 0.5) is 0 Å². The Hall–Kier alpha value is -3.54. The van der Waals surface area contributed by atoms with Crippen LogP contribution in [0.5, 0.6) is 0 Å². The van der Waals surface area contributed by atoms with Crippen molar-refractivity contribution >= 4 is 29.0 Å². The largest absolute Gasteiger partial charge is 0.352 e. The zero-order valence-electron chi connectivity index (χ0n) is 13.3. The molecule has 6 nitrogen and oxygen atoms in total. The Labute approximate surface area is 144 Å². The van der Waals surface area contributed by atoms with Gasteiger partial charge in [0.15, 0.2) is 0 Å². The van der Waals surface area contributed by atoms with Crippen molar-refractivity contribution < 1.29 is 4.79 Å². The second kappa shape index (κ2) is 6.52. The smallest absolute Gasteiger partial charge is 0.276 e. The quantitative estimate of drug-likeness (QED) is 0.722. The number of amides is 1. The Kier molecular flexibility index (Phi) is 3.92. The summed E-state index contributed by atoms with van der Waals surface area (Å²) in [5, 5.41) is 5.86. The Morgan fingerprint density at radius 1 is 1.00 bits per heavy atom. The minimum atomic E-state index is -0.227. The van der Waals surface area contributed by atoms with Crippen LogP contribution >= 0.6 is 0 Å². The van der Waals surface area contributed by atoms with Gasteiger partial charge in [0.25, 0.3) is 5.91 Å². The predicted octanol–water partition coefficient (Wildman–Crippen LogP) is 2.25. The molecule has 1 amide bonds. The molecule has 2 N–H and O–H groups in total. The molecule has 0 saturated carbocycles. The first-order valence-electron chi connectivity index (χ1n) is 7.88. The highest BCUT2D eigenvalue weighted by molar-refractivity contribution is 6.13. The van der Waals surface area contributed by atoms with Crippen molar-refractivity contribution in [2.75, 3.05) is 0 Å². The number of nitrogens with one attached hydrogen (secondary N) is 2. The first-order chi connectivity index (χ1) is 12.3. The molecule has 3 aromatic rings. The van der Waals surface area contributed by atoms with E-state index in [9.17, 15) is 4.79 Å². The maximum absolute atomic E-state index is 12.1. The van der Waals surface area contributed by atoms with E-state index in [1.807, 2.05) is 48.5 Å². The lowest BCUT2D eigenvalue weighted by atomic mass is 10.1.